The van der Waals surface area contributed by atoms with Crippen molar-refractivity contribution < 1.29 is 0 Å². The summed E-state index contributed by atoms with van der Waals surface area (Å²) in [7, 11) is 0. The first kappa shape index (κ1) is 87.8. The zero-order chi connectivity index (χ0) is 99.1. The molecule has 150 heavy (non-hydrogen) atoms. The lowest BCUT2D eigenvalue weighted by Crippen LogP contribution is -1.94. The largest absolute Gasteiger partial charge is 0.309 e. The first-order valence-corrected chi connectivity index (χ1v) is 51.6. The molecule has 0 bridgehead atoms. The van der Waals surface area contributed by atoms with Gasteiger partial charge in [0.25, 0.3) is 0 Å². The lowest BCUT2D eigenvalue weighted by Gasteiger charge is -2.11. The minimum atomic E-state index is 1.16. The van der Waals surface area contributed by atoms with Crippen LogP contribution in [0.25, 0.3) is 265 Å². The average molecular weight is 1910 g/mol. The van der Waals surface area contributed by atoms with Crippen LogP contribution in [-0.4, -0.2) is 27.4 Å². The van der Waals surface area contributed by atoms with Crippen LogP contribution in [0.5, 0.6) is 0 Å². The molecule has 6 heterocycles. The van der Waals surface area contributed by atoms with E-state index in [1.807, 2.05) is 0 Å². The van der Waals surface area contributed by atoms with Gasteiger partial charge in [0.15, 0.2) is 0 Å². The molecular weight excluding hydrogens is 1810 g/mol. The molecule has 0 aliphatic heterocycles. The lowest BCUT2D eigenvalue weighted by atomic mass is 9.99. The number of nitrogens with zero attached hydrogens (tertiary/aromatic N) is 6. The Hall–Kier alpha value is -19.9. The third-order valence-corrected chi connectivity index (χ3v) is 30.3. The van der Waals surface area contributed by atoms with Crippen molar-refractivity contribution in [2.75, 3.05) is 0 Å². The molecule has 6 nitrogen and oxygen atoms in total. The Morgan fingerprint density at radius 1 is 0.0733 bits per heavy atom. The fourth-order valence-electron chi connectivity index (χ4n) is 23.2. The van der Waals surface area contributed by atoms with Gasteiger partial charge in [-0.15, -0.1) is 0 Å². The van der Waals surface area contributed by atoms with Crippen molar-refractivity contribution in [2.45, 2.75) is 0 Å². The third-order valence-electron chi connectivity index (χ3n) is 30.3. The van der Waals surface area contributed by atoms with Gasteiger partial charge in [-0.25, -0.2) is 0 Å². The average Bonchev–Trinajstić information content (AvgIpc) is 1.58. The number of rotatable bonds is 15. The van der Waals surface area contributed by atoms with Crippen molar-refractivity contribution in [1.82, 2.24) is 27.4 Å². The van der Waals surface area contributed by atoms with Gasteiger partial charge in [-0.05, 0) is 288 Å². The molecule has 6 aromatic heterocycles. The molecule has 0 saturated carbocycles. The summed E-state index contributed by atoms with van der Waals surface area (Å²) in [6.07, 6.45) is 0. The maximum atomic E-state index is 2.41. The molecule has 0 aliphatic carbocycles. The molecule has 702 valence electrons. The minimum absolute atomic E-state index is 1.16. The van der Waals surface area contributed by atoms with Crippen molar-refractivity contribution in [1.29, 1.82) is 0 Å². The first-order chi connectivity index (χ1) is 74.4. The summed E-state index contributed by atoms with van der Waals surface area (Å²) in [5.41, 5.74) is 43.4. The highest BCUT2D eigenvalue weighted by molar-refractivity contribution is 6.18. The van der Waals surface area contributed by atoms with Crippen LogP contribution in [0.2, 0.25) is 0 Å². The molecular formula is C144H96N6. The first-order valence-electron chi connectivity index (χ1n) is 51.6. The molecule has 0 saturated heterocycles. The van der Waals surface area contributed by atoms with E-state index in [0.29, 0.717) is 0 Å². The van der Waals surface area contributed by atoms with E-state index in [-0.39, 0.29) is 0 Å². The van der Waals surface area contributed by atoms with Crippen LogP contribution < -0.4 is 0 Å². The topological polar surface area (TPSA) is 29.6 Å². The Bertz CT molecular complexity index is 10400. The second-order valence-electron chi connectivity index (χ2n) is 39.0. The van der Waals surface area contributed by atoms with Crippen LogP contribution in [0.1, 0.15) is 0 Å². The highest BCUT2D eigenvalue weighted by Crippen LogP contribution is 2.47. The van der Waals surface area contributed by atoms with E-state index in [9.17, 15) is 0 Å². The maximum absolute atomic E-state index is 2.41. The van der Waals surface area contributed by atoms with E-state index in [0.717, 1.165) is 28.4 Å². The van der Waals surface area contributed by atoms with Gasteiger partial charge < -0.3 is 27.4 Å². The van der Waals surface area contributed by atoms with Crippen LogP contribution in [0.3, 0.4) is 0 Å². The zero-order valence-corrected chi connectivity index (χ0v) is 82.1. The molecule has 0 N–H and O–H groups in total. The summed E-state index contributed by atoms with van der Waals surface area (Å²) in [5, 5.41) is 15.0. The van der Waals surface area contributed by atoms with E-state index in [2.05, 4.69) is 610 Å². The summed E-state index contributed by atoms with van der Waals surface area (Å²) >= 11 is 0. The molecule has 6 heteroatoms. The van der Waals surface area contributed by atoms with E-state index in [1.54, 1.807) is 0 Å². The SMILES string of the molecule is c1ccc(-c2ccc(-n3c4ccccc4c4cc(-c5ccc6c(c5)c5ccc(-c7ccccc7)cc5n6-c5ccccc5)ccc43)cc2)cc1.c1ccc(-c2cccc(-n3c4ccccc4c4cc(-c5ccc6c(c5)c5cc(-c7ccccc7)ccc5n6-c5ccccc5)ccc43)c2)cc1.c1ccc(-c2cccc(-n3c4ccccc4c4cc(-c5ccc6c(c5)c5ccc(-c7ccccc7)cc5n6-c5ccccc5)ccc43)c2)cc1. The highest BCUT2D eigenvalue weighted by atomic mass is 15.0. The standard InChI is InChI=1S/3C48H32N2/c1-4-13-33(14-5-1)35-17-12-20-40(29-35)50-45-22-11-10-21-41(45)43-30-36(25-28-47(43)50)37-24-27-46-44(31-37)42-26-23-38(34-15-6-2-7-16-34)32-48(42)49(46)39-18-8-3-9-19-39;1-4-13-33(14-5-1)35-17-12-20-40(29-35)50-45-22-11-10-21-41(45)42-31-37(24-27-46(42)50)38-25-28-48-44(32-38)43-30-36(34-15-6-2-7-16-34)23-26-47(43)49(48)39-18-8-3-9-19-39;1-4-12-33(13-5-1)35-20-25-40(26-21-35)49-45-19-11-10-18-41(45)43-30-36(23-28-46(43)49)37-24-29-47-44(31-37)42-27-22-38(34-14-6-2-7-15-34)32-48(42)50(47)39-16-8-3-9-17-39/h3*1-32H. The van der Waals surface area contributed by atoms with E-state index in [1.165, 1.54) is 237 Å². The van der Waals surface area contributed by atoms with Crippen molar-refractivity contribution in [3.8, 4) is 134 Å². The normalized spacial score (nSPS) is 11.6. The Balaban J connectivity index is 0.000000108. The fourth-order valence-corrected chi connectivity index (χ4v) is 23.2. The summed E-state index contributed by atoms with van der Waals surface area (Å²) < 4.78 is 14.4. The molecule has 0 radical (unpaired) electrons. The Morgan fingerprint density at radius 3 is 0.500 bits per heavy atom. The van der Waals surface area contributed by atoms with Crippen LogP contribution in [0.4, 0.5) is 0 Å². The summed E-state index contributed by atoms with van der Waals surface area (Å²) in [5.74, 6) is 0. The zero-order valence-electron chi connectivity index (χ0n) is 82.1. The van der Waals surface area contributed by atoms with Gasteiger partial charge in [0.2, 0.25) is 0 Å². The number of para-hydroxylation sites is 6. The molecule has 0 atom stereocenters. The third kappa shape index (κ3) is 15.6. The molecule has 0 amide bonds. The molecule has 30 rings (SSSR count). The number of hydrogen-bond donors (Lipinski definition) is 0. The Kier molecular flexibility index (Phi) is 21.9. The predicted octanol–water partition coefficient (Wildman–Crippen LogP) is 38.6. The van der Waals surface area contributed by atoms with Crippen molar-refractivity contribution in [2.24, 2.45) is 0 Å². The van der Waals surface area contributed by atoms with E-state index in [4.69, 9.17) is 0 Å². The molecule has 0 aliphatic rings. The van der Waals surface area contributed by atoms with Crippen molar-refractivity contribution in [3.05, 3.63) is 582 Å². The van der Waals surface area contributed by atoms with E-state index >= 15 is 0 Å². The Labute approximate surface area is 868 Å². The van der Waals surface area contributed by atoms with Crippen molar-refractivity contribution >= 4 is 131 Å². The van der Waals surface area contributed by atoms with Gasteiger partial charge in [-0.3, -0.25) is 0 Å². The summed E-state index contributed by atoms with van der Waals surface area (Å²) in [4.78, 5) is 0. The predicted molar refractivity (Wildman–Crippen MR) is 634 cm³/mol. The minimum Gasteiger partial charge on any atom is -0.309 e. The monoisotopic (exact) mass is 1910 g/mol. The van der Waals surface area contributed by atoms with Gasteiger partial charge in [0.1, 0.15) is 0 Å². The van der Waals surface area contributed by atoms with Gasteiger partial charge >= 0.3 is 0 Å². The van der Waals surface area contributed by atoms with E-state index < -0.39 is 0 Å². The second-order valence-corrected chi connectivity index (χ2v) is 39.0. The smallest absolute Gasteiger partial charge is 0.0547 e. The van der Waals surface area contributed by atoms with Crippen LogP contribution >= 0.6 is 0 Å². The molecule has 30 aromatic rings. The molecule has 0 spiro atoms. The number of fused-ring (bicyclic) bond motifs is 18. The van der Waals surface area contributed by atoms with Crippen LogP contribution in [0, 0.1) is 0 Å². The molecule has 0 unspecified atom stereocenters. The van der Waals surface area contributed by atoms with Crippen LogP contribution in [0.15, 0.2) is 582 Å². The lowest BCUT2D eigenvalue weighted by molar-refractivity contribution is 1.18. The fraction of sp³-hybridized carbons (Fsp3) is 0. The van der Waals surface area contributed by atoms with Crippen LogP contribution in [-0.2, 0) is 0 Å². The number of aromatic nitrogens is 6. The van der Waals surface area contributed by atoms with Crippen molar-refractivity contribution in [3.63, 3.8) is 0 Å². The molecule has 0 fully saturated rings. The quantitative estimate of drug-likeness (QED) is 0.0979. The summed E-state index contributed by atoms with van der Waals surface area (Å²) in [6, 6.07) is 211. The summed E-state index contributed by atoms with van der Waals surface area (Å²) in [6.45, 7) is 0. The van der Waals surface area contributed by atoms with Gasteiger partial charge in [-0.1, -0.05) is 394 Å². The molecule has 24 aromatic carbocycles. The highest BCUT2D eigenvalue weighted by Gasteiger charge is 2.24. The second kappa shape index (κ2) is 37.4. The maximum Gasteiger partial charge on any atom is 0.0547 e. The van der Waals surface area contributed by atoms with Gasteiger partial charge in [0, 0.05) is 98.8 Å². The van der Waals surface area contributed by atoms with Gasteiger partial charge in [0.05, 0.1) is 66.2 Å². The van der Waals surface area contributed by atoms with Gasteiger partial charge in [-0.2, -0.15) is 0 Å². The Morgan fingerprint density at radius 2 is 0.227 bits per heavy atom. The number of hydrogen-bond acceptors (Lipinski definition) is 0. The number of benzene rings is 24.